The summed E-state index contributed by atoms with van der Waals surface area (Å²) in [7, 11) is 0. The van der Waals surface area contributed by atoms with Gasteiger partial charge in [0, 0.05) is 25.7 Å². The molecule has 2 heterocycles. The Kier molecular flexibility index (Phi) is 4.88. The predicted octanol–water partition coefficient (Wildman–Crippen LogP) is 0.511. The summed E-state index contributed by atoms with van der Waals surface area (Å²) in [4.78, 5) is 27.7. The Morgan fingerprint density at radius 3 is 2.33 bits per heavy atom. The summed E-state index contributed by atoms with van der Waals surface area (Å²) < 4.78 is 0. The highest BCUT2D eigenvalue weighted by Gasteiger charge is 2.38. The van der Waals surface area contributed by atoms with E-state index in [0.29, 0.717) is 25.7 Å². The van der Waals surface area contributed by atoms with Crippen LogP contribution in [0.3, 0.4) is 0 Å². The van der Waals surface area contributed by atoms with Gasteiger partial charge in [-0.2, -0.15) is 0 Å². The second kappa shape index (κ2) is 6.32. The number of carboxylic acid groups (broad SMARTS) is 1. The summed E-state index contributed by atoms with van der Waals surface area (Å²) in [5.74, 6) is -0.602. The van der Waals surface area contributed by atoms with Crippen molar-refractivity contribution in [3.8, 4) is 0 Å². The van der Waals surface area contributed by atoms with E-state index < -0.39 is 11.4 Å². The fourth-order valence-electron chi connectivity index (χ4n) is 3.41. The lowest BCUT2D eigenvalue weighted by atomic mass is 9.90. The molecule has 0 aromatic heterocycles. The third kappa shape index (κ3) is 3.37. The molecule has 0 spiro atoms. The van der Waals surface area contributed by atoms with Crippen molar-refractivity contribution in [1.82, 2.24) is 9.80 Å². The summed E-state index contributed by atoms with van der Waals surface area (Å²) in [6.45, 7) is 6.37. The summed E-state index contributed by atoms with van der Waals surface area (Å²) in [5.41, 5.74) is 5.16. The molecule has 1 amide bonds. The van der Waals surface area contributed by atoms with Crippen molar-refractivity contribution in [2.24, 2.45) is 11.1 Å². The van der Waals surface area contributed by atoms with Crippen LogP contribution < -0.4 is 5.73 Å². The van der Waals surface area contributed by atoms with Crippen LogP contribution in [0.25, 0.3) is 0 Å². The highest BCUT2D eigenvalue weighted by atomic mass is 16.4. The lowest BCUT2D eigenvalue weighted by Gasteiger charge is -2.40. The zero-order chi connectivity index (χ0) is 15.6. The number of amides is 1. The lowest BCUT2D eigenvalue weighted by molar-refractivity contribution is -0.145. The van der Waals surface area contributed by atoms with Crippen molar-refractivity contribution in [2.75, 3.05) is 26.2 Å². The minimum Gasteiger partial charge on any atom is -0.480 e. The molecular weight excluding hydrogens is 270 g/mol. The van der Waals surface area contributed by atoms with Crippen molar-refractivity contribution in [3.63, 3.8) is 0 Å². The minimum atomic E-state index is -0.713. The van der Waals surface area contributed by atoms with Gasteiger partial charge in [0.15, 0.2) is 0 Å². The number of hydrogen-bond acceptors (Lipinski definition) is 4. The third-order valence-electron chi connectivity index (χ3n) is 4.89. The molecule has 2 fully saturated rings. The number of carbonyl (C=O) groups is 2. The van der Waals surface area contributed by atoms with Gasteiger partial charge >= 0.3 is 5.97 Å². The normalized spacial score (nSPS) is 25.3. The molecule has 2 aliphatic rings. The van der Waals surface area contributed by atoms with Gasteiger partial charge in [0.2, 0.25) is 5.91 Å². The second-order valence-corrected chi connectivity index (χ2v) is 6.85. The molecule has 3 N–H and O–H groups in total. The number of hydrogen-bond donors (Lipinski definition) is 2. The van der Waals surface area contributed by atoms with Crippen LogP contribution >= 0.6 is 0 Å². The molecule has 2 aliphatic heterocycles. The molecule has 1 atom stereocenters. The largest absolute Gasteiger partial charge is 0.480 e. The average molecular weight is 297 g/mol. The molecule has 2 saturated heterocycles. The van der Waals surface area contributed by atoms with Crippen LogP contribution in [-0.4, -0.2) is 65.0 Å². The maximum Gasteiger partial charge on any atom is 0.320 e. The molecule has 0 saturated carbocycles. The van der Waals surface area contributed by atoms with Crippen molar-refractivity contribution in [1.29, 1.82) is 0 Å². The summed E-state index contributed by atoms with van der Waals surface area (Å²) >= 11 is 0. The van der Waals surface area contributed by atoms with E-state index in [1.54, 1.807) is 0 Å². The van der Waals surface area contributed by atoms with Crippen LogP contribution in [0, 0.1) is 5.41 Å². The van der Waals surface area contributed by atoms with Gasteiger partial charge in [-0.3, -0.25) is 14.5 Å². The molecular formula is C15H27N3O3. The number of rotatable bonds is 4. The van der Waals surface area contributed by atoms with Gasteiger partial charge in [-0.25, -0.2) is 0 Å². The van der Waals surface area contributed by atoms with Crippen LogP contribution in [0.2, 0.25) is 0 Å². The van der Waals surface area contributed by atoms with E-state index in [2.05, 4.69) is 4.90 Å². The first-order valence-corrected chi connectivity index (χ1v) is 7.85. The summed E-state index contributed by atoms with van der Waals surface area (Å²) in [6.07, 6.45) is 3.41. The number of aliphatic carboxylic acids is 1. The van der Waals surface area contributed by atoms with Crippen LogP contribution in [0.4, 0.5) is 0 Å². The predicted molar refractivity (Wildman–Crippen MR) is 79.8 cm³/mol. The topological polar surface area (TPSA) is 86.9 Å². The minimum absolute atomic E-state index is 0.111. The first-order chi connectivity index (χ1) is 9.86. The quantitative estimate of drug-likeness (QED) is 0.789. The van der Waals surface area contributed by atoms with E-state index in [9.17, 15) is 14.7 Å². The zero-order valence-electron chi connectivity index (χ0n) is 13.0. The monoisotopic (exact) mass is 297 g/mol. The molecule has 21 heavy (non-hydrogen) atoms. The second-order valence-electron chi connectivity index (χ2n) is 6.85. The lowest BCUT2D eigenvalue weighted by Crippen LogP contribution is -2.53. The fraction of sp³-hybridized carbons (Fsp3) is 0.867. The Bertz CT molecular complexity index is 403. The number of piperidine rings is 1. The van der Waals surface area contributed by atoms with E-state index in [1.165, 1.54) is 0 Å². The molecule has 0 aromatic rings. The van der Waals surface area contributed by atoms with Gasteiger partial charge in [0.1, 0.15) is 6.04 Å². The Morgan fingerprint density at radius 1 is 1.19 bits per heavy atom. The number of likely N-dealkylation sites (tertiary alicyclic amines) is 2. The molecule has 0 aromatic carbocycles. The van der Waals surface area contributed by atoms with Gasteiger partial charge < -0.3 is 15.7 Å². The van der Waals surface area contributed by atoms with Crippen LogP contribution in [0.15, 0.2) is 0 Å². The number of nitrogens with two attached hydrogens (primary N) is 1. The Labute approximate surface area is 126 Å². The van der Waals surface area contributed by atoms with Crippen LogP contribution in [0.5, 0.6) is 0 Å². The van der Waals surface area contributed by atoms with Crippen molar-refractivity contribution in [2.45, 2.75) is 51.6 Å². The maximum atomic E-state index is 12.4. The third-order valence-corrected chi connectivity index (χ3v) is 4.89. The van der Waals surface area contributed by atoms with Gasteiger partial charge in [-0.1, -0.05) is 0 Å². The number of nitrogens with zero attached hydrogens (tertiary/aromatic N) is 2. The standard InChI is InChI=1S/C15H27N3O3/c1-15(2,10-16)14(21)17-8-5-11(6-9-17)18-7-3-4-12(18)13(19)20/h11-12H,3-10,16H2,1-2H3,(H,19,20). The van der Waals surface area contributed by atoms with Crippen molar-refractivity contribution in [3.05, 3.63) is 0 Å². The SMILES string of the molecule is CC(C)(CN)C(=O)N1CCC(N2CCCC2C(=O)O)CC1. The highest BCUT2D eigenvalue weighted by Crippen LogP contribution is 2.28. The number of carboxylic acids is 1. The van der Waals surface area contributed by atoms with Crippen LogP contribution in [0.1, 0.15) is 39.5 Å². The van der Waals surface area contributed by atoms with E-state index in [1.807, 2.05) is 18.7 Å². The smallest absolute Gasteiger partial charge is 0.320 e. The Balaban J connectivity index is 1.92. The first-order valence-electron chi connectivity index (χ1n) is 7.85. The molecule has 1 unspecified atom stereocenters. The van der Waals surface area contributed by atoms with E-state index >= 15 is 0 Å². The first kappa shape index (κ1) is 16.2. The zero-order valence-corrected chi connectivity index (χ0v) is 13.0. The molecule has 2 rings (SSSR count). The van der Waals surface area contributed by atoms with E-state index in [0.717, 1.165) is 32.2 Å². The average Bonchev–Trinajstić information content (AvgIpc) is 2.96. The molecule has 0 bridgehead atoms. The van der Waals surface area contributed by atoms with Gasteiger partial charge in [0.25, 0.3) is 0 Å². The highest BCUT2D eigenvalue weighted by molar-refractivity contribution is 5.82. The fourth-order valence-corrected chi connectivity index (χ4v) is 3.41. The van der Waals surface area contributed by atoms with Gasteiger partial charge in [-0.05, 0) is 46.1 Å². The van der Waals surface area contributed by atoms with Gasteiger partial charge in [-0.15, -0.1) is 0 Å². The van der Waals surface area contributed by atoms with Gasteiger partial charge in [0.05, 0.1) is 5.41 Å². The van der Waals surface area contributed by atoms with Crippen molar-refractivity contribution >= 4 is 11.9 Å². The molecule has 120 valence electrons. The molecule has 6 nitrogen and oxygen atoms in total. The van der Waals surface area contributed by atoms with Crippen LogP contribution in [-0.2, 0) is 9.59 Å². The maximum absolute atomic E-state index is 12.4. The molecule has 0 aliphatic carbocycles. The van der Waals surface area contributed by atoms with E-state index in [-0.39, 0.29) is 11.9 Å². The molecule has 6 heteroatoms. The summed E-state index contributed by atoms with van der Waals surface area (Å²) in [6, 6.07) is -0.0450. The number of carbonyl (C=O) groups excluding carboxylic acids is 1. The van der Waals surface area contributed by atoms with E-state index in [4.69, 9.17) is 5.73 Å². The Hall–Kier alpha value is -1.14. The molecule has 0 radical (unpaired) electrons. The summed E-state index contributed by atoms with van der Waals surface area (Å²) in [5, 5.41) is 9.27. The Morgan fingerprint density at radius 2 is 1.81 bits per heavy atom. The van der Waals surface area contributed by atoms with Crippen molar-refractivity contribution < 1.29 is 14.7 Å².